The van der Waals surface area contributed by atoms with Crippen molar-refractivity contribution in [1.82, 2.24) is 0 Å². The fraction of sp³-hybridized carbons (Fsp3) is 0.0769. The zero-order valence-electron chi connectivity index (χ0n) is 9.78. The highest BCUT2D eigenvalue weighted by atomic mass is 79.9. The molecule has 0 spiro atoms. The van der Waals surface area contributed by atoms with Crippen molar-refractivity contribution in [2.45, 2.75) is 10.6 Å². The van der Waals surface area contributed by atoms with Crippen LogP contribution in [-0.2, 0) is 16.6 Å². The van der Waals surface area contributed by atoms with Crippen LogP contribution < -0.4 is 0 Å². The van der Waals surface area contributed by atoms with Gasteiger partial charge < -0.3 is 0 Å². The number of benzene rings is 2. The number of hydrogen-bond acceptors (Lipinski definition) is 3. The van der Waals surface area contributed by atoms with E-state index >= 15 is 0 Å². The molecule has 0 aromatic heterocycles. The van der Waals surface area contributed by atoms with Crippen LogP contribution in [0.1, 0.15) is 5.56 Å². The lowest BCUT2D eigenvalue weighted by Gasteiger charge is -2.03. The van der Waals surface area contributed by atoms with Crippen molar-refractivity contribution in [2.24, 2.45) is 0 Å². The van der Waals surface area contributed by atoms with Crippen molar-refractivity contribution >= 4 is 32.4 Å². The monoisotopic (exact) mass is 339 g/mol. The number of halogens is 1. The largest absolute Gasteiger partial charge is 0.269 e. The Morgan fingerprint density at radius 3 is 2.16 bits per heavy atom. The molecule has 0 unspecified atom stereocenters. The van der Waals surface area contributed by atoms with E-state index in [1.54, 1.807) is 24.3 Å². The summed E-state index contributed by atoms with van der Waals surface area (Å²) in [5.41, 5.74) is 0.852. The highest BCUT2D eigenvalue weighted by Crippen LogP contribution is 2.18. The minimum Gasteiger partial charge on any atom is -0.258 e. The molecule has 4 nitrogen and oxygen atoms in total. The van der Waals surface area contributed by atoms with Gasteiger partial charge in [-0.15, -0.1) is 0 Å². The number of nitro groups is 1. The second kappa shape index (κ2) is 6.08. The van der Waals surface area contributed by atoms with Crippen LogP contribution in [0.25, 0.3) is 0 Å². The molecule has 0 saturated carbocycles. The Morgan fingerprint density at radius 2 is 1.63 bits per heavy atom. The number of hydrogen-bond donors (Lipinski definition) is 0. The SMILES string of the molecule is O=[N+]([O-])c1ccc(C[S@@](=O)c2ccc(Br)cc2)cc1. The van der Waals surface area contributed by atoms with Crippen LogP contribution in [0.3, 0.4) is 0 Å². The first-order valence-corrected chi connectivity index (χ1v) is 7.55. The number of nitro benzene ring substituents is 1. The van der Waals surface area contributed by atoms with Crippen LogP contribution in [0, 0.1) is 10.1 Å². The zero-order chi connectivity index (χ0) is 13.8. The third-order valence-electron chi connectivity index (χ3n) is 2.52. The summed E-state index contributed by atoms with van der Waals surface area (Å²) in [4.78, 5) is 10.8. The molecule has 0 N–H and O–H groups in total. The molecular formula is C13H10BrNO3S. The summed E-state index contributed by atoms with van der Waals surface area (Å²) in [7, 11) is -1.15. The molecule has 0 saturated heterocycles. The summed E-state index contributed by atoms with van der Waals surface area (Å²) in [6.45, 7) is 0. The van der Waals surface area contributed by atoms with E-state index in [1.807, 2.05) is 12.1 Å². The quantitative estimate of drug-likeness (QED) is 0.630. The minimum atomic E-state index is -1.15. The van der Waals surface area contributed by atoms with Crippen LogP contribution in [0.5, 0.6) is 0 Å². The van der Waals surface area contributed by atoms with Gasteiger partial charge >= 0.3 is 0 Å². The second-order valence-corrected chi connectivity index (χ2v) is 6.23. The van der Waals surface area contributed by atoms with Crippen molar-refractivity contribution in [1.29, 1.82) is 0 Å². The molecule has 0 aliphatic rings. The Kier molecular flexibility index (Phi) is 4.44. The van der Waals surface area contributed by atoms with Crippen LogP contribution in [-0.4, -0.2) is 9.13 Å². The van der Waals surface area contributed by atoms with E-state index < -0.39 is 15.7 Å². The molecule has 0 amide bonds. The lowest BCUT2D eigenvalue weighted by Crippen LogP contribution is -1.96. The maximum absolute atomic E-state index is 12.1. The van der Waals surface area contributed by atoms with Crippen LogP contribution in [0.15, 0.2) is 57.9 Å². The Bertz CT molecular complexity index is 611. The van der Waals surface area contributed by atoms with Gasteiger partial charge in [-0.25, -0.2) is 0 Å². The molecule has 0 fully saturated rings. The van der Waals surface area contributed by atoms with Crippen LogP contribution in [0.4, 0.5) is 5.69 Å². The molecular weight excluding hydrogens is 330 g/mol. The highest BCUT2D eigenvalue weighted by molar-refractivity contribution is 9.10. The molecule has 0 aliphatic carbocycles. The number of rotatable bonds is 4. The maximum Gasteiger partial charge on any atom is 0.269 e. The summed E-state index contributed by atoms with van der Waals surface area (Å²) in [5.74, 6) is 0.347. The van der Waals surface area contributed by atoms with E-state index in [2.05, 4.69) is 15.9 Å². The Hall–Kier alpha value is -1.53. The Balaban J connectivity index is 2.10. The molecule has 6 heteroatoms. The summed E-state index contributed by atoms with van der Waals surface area (Å²) < 4.78 is 13.0. The van der Waals surface area contributed by atoms with E-state index in [0.29, 0.717) is 5.75 Å². The van der Waals surface area contributed by atoms with Gasteiger partial charge in [0.2, 0.25) is 0 Å². The fourth-order valence-corrected chi connectivity index (χ4v) is 2.90. The number of non-ortho nitro benzene ring substituents is 1. The third kappa shape index (κ3) is 3.71. The average Bonchev–Trinajstić information content (AvgIpc) is 2.40. The maximum atomic E-state index is 12.1. The molecule has 98 valence electrons. The minimum absolute atomic E-state index is 0.0400. The first-order chi connectivity index (χ1) is 9.06. The van der Waals surface area contributed by atoms with Crippen molar-refractivity contribution in [2.75, 3.05) is 0 Å². The Labute approximate surface area is 121 Å². The first-order valence-electron chi connectivity index (χ1n) is 5.43. The highest BCUT2D eigenvalue weighted by Gasteiger charge is 2.08. The zero-order valence-corrected chi connectivity index (χ0v) is 12.2. The van der Waals surface area contributed by atoms with E-state index in [4.69, 9.17) is 0 Å². The van der Waals surface area contributed by atoms with Gasteiger partial charge in [0.1, 0.15) is 0 Å². The standard InChI is InChI=1S/C13H10BrNO3S/c14-11-3-7-13(8-4-11)19(18)9-10-1-5-12(6-2-10)15(16)17/h1-8H,9H2/t19-/m1/s1. The van der Waals surface area contributed by atoms with Crippen LogP contribution in [0.2, 0.25) is 0 Å². The predicted octanol–water partition coefficient (Wildman–Crippen LogP) is 3.67. The van der Waals surface area contributed by atoms with Crippen molar-refractivity contribution < 1.29 is 9.13 Å². The normalized spacial score (nSPS) is 12.1. The topological polar surface area (TPSA) is 60.2 Å². The van der Waals surface area contributed by atoms with Gasteiger partial charge in [-0.3, -0.25) is 14.3 Å². The lowest BCUT2D eigenvalue weighted by molar-refractivity contribution is -0.384. The molecule has 1 atom stereocenters. The predicted molar refractivity (Wildman–Crippen MR) is 77.4 cm³/mol. The molecule has 0 radical (unpaired) electrons. The van der Waals surface area contributed by atoms with E-state index in [1.165, 1.54) is 12.1 Å². The summed E-state index contributed by atoms with van der Waals surface area (Å²) in [6.07, 6.45) is 0. The van der Waals surface area contributed by atoms with E-state index in [9.17, 15) is 14.3 Å². The molecule has 2 aromatic carbocycles. The van der Waals surface area contributed by atoms with Crippen LogP contribution >= 0.6 is 15.9 Å². The van der Waals surface area contributed by atoms with Crippen molar-refractivity contribution in [3.8, 4) is 0 Å². The van der Waals surface area contributed by atoms with Gasteiger partial charge in [0.15, 0.2) is 0 Å². The first kappa shape index (κ1) is 13.9. The fourth-order valence-electron chi connectivity index (χ4n) is 1.53. The molecule has 2 rings (SSSR count). The summed E-state index contributed by atoms with van der Waals surface area (Å²) in [5, 5.41) is 10.5. The molecule has 19 heavy (non-hydrogen) atoms. The second-order valence-electron chi connectivity index (χ2n) is 3.87. The van der Waals surface area contributed by atoms with Gasteiger partial charge in [0.05, 0.1) is 21.5 Å². The third-order valence-corrected chi connectivity index (χ3v) is 4.44. The molecule has 0 heterocycles. The van der Waals surface area contributed by atoms with Crippen molar-refractivity contribution in [3.05, 3.63) is 68.7 Å². The van der Waals surface area contributed by atoms with E-state index in [0.717, 1.165) is 14.9 Å². The van der Waals surface area contributed by atoms with Gasteiger partial charge in [-0.1, -0.05) is 28.1 Å². The van der Waals surface area contributed by atoms with Gasteiger partial charge in [0.25, 0.3) is 5.69 Å². The van der Waals surface area contributed by atoms with Crippen molar-refractivity contribution in [3.63, 3.8) is 0 Å². The average molecular weight is 340 g/mol. The molecule has 0 bridgehead atoms. The van der Waals surface area contributed by atoms with Gasteiger partial charge in [-0.2, -0.15) is 0 Å². The molecule has 0 aliphatic heterocycles. The van der Waals surface area contributed by atoms with Gasteiger partial charge in [0, 0.05) is 21.5 Å². The summed E-state index contributed by atoms with van der Waals surface area (Å²) in [6, 6.07) is 13.4. The lowest BCUT2D eigenvalue weighted by atomic mass is 10.2. The number of nitrogens with zero attached hydrogens (tertiary/aromatic N) is 1. The summed E-state index contributed by atoms with van der Waals surface area (Å²) >= 11 is 3.32. The molecule has 2 aromatic rings. The Morgan fingerprint density at radius 1 is 1.05 bits per heavy atom. The van der Waals surface area contributed by atoms with E-state index in [-0.39, 0.29) is 5.69 Å². The van der Waals surface area contributed by atoms with Gasteiger partial charge in [-0.05, 0) is 29.8 Å². The smallest absolute Gasteiger partial charge is 0.258 e.